The van der Waals surface area contributed by atoms with Gasteiger partial charge in [-0.05, 0) is 48.7 Å². The number of hydrogen-bond acceptors (Lipinski definition) is 11. The van der Waals surface area contributed by atoms with E-state index in [0.29, 0.717) is 24.3 Å². The van der Waals surface area contributed by atoms with E-state index < -0.39 is 78.3 Å². The number of aliphatic hydroxyl groups excluding tert-OH is 2. The molecule has 1 aromatic rings. The fourth-order valence-electron chi connectivity index (χ4n) is 6.88. The number of aliphatic carboxylic acids is 2. The summed E-state index contributed by atoms with van der Waals surface area (Å²) in [6.07, 6.45) is -5.37. The number of hydrogen-bond donors (Lipinski definition) is 5. The predicted molar refractivity (Wildman–Crippen MR) is 170 cm³/mol. The number of rotatable bonds is 18. The number of carbonyl (C=O) groups is 4. The lowest BCUT2D eigenvalue weighted by Gasteiger charge is -2.49. The van der Waals surface area contributed by atoms with Crippen molar-refractivity contribution < 1.29 is 63.7 Å². The largest absolute Gasteiger partial charge is 0.479 e. The molecule has 5 N–H and O–H groups in total. The Morgan fingerprint density at radius 3 is 2.21 bits per heavy atom. The summed E-state index contributed by atoms with van der Waals surface area (Å²) in [6, 6.07) is 9.45. The van der Waals surface area contributed by atoms with Crippen molar-refractivity contribution in [3.05, 3.63) is 48.0 Å². The first-order valence-corrected chi connectivity index (χ1v) is 16.4. The maximum Gasteiger partial charge on any atom is 0.344 e. The van der Waals surface area contributed by atoms with Crippen LogP contribution in [0.3, 0.4) is 0 Å². The molecular weight excluding hydrogens is 628 g/mol. The first kappa shape index (κ1) is 39.1. The average molecular weight is 679 g/mol. The lowest BCUT2D eigenvalue weighted by Crippen LogP contribution is -2.77. The summed E-state index contributed by atoms with van der Waals surface area (Å²) in [5.74, 6) is -7.85. The van der Waals surface area contributed by atoms with Gasteiger partial charge in [0.2, 0.25) is 17.0 Å². The zero-order chi connectivity index (χ0) is 36.0. The Bertz CT molecular complexity index is 1320. The van der Waals surface area contributed by atoms with Gasteiger partial charge >= 0.3 is 23.9 Å². The molecule has 0 radical (unpaired) electrons. The Balaban J connectivity index is 1.94. The molecule has 3 rings (SSSR count). The van der Waals surface area contributed by atoms with Crippen LogP contribution >= 0.6 is 0 Å². The number of esters is 2. The van der Waals surface area contributed by atoms with Crippen molar-refractivity contribution in [3.63, 3.8) is 0 Å². The third-order valence-electron chi connectivity index (χ3n) is 9.66. The smallest absolute Gasteiger partial charge is 0.344 e. The highest BCUT2D eigenvalue weighted by Gasteiger charge is 2.84. The minimum Gasteiger partial charge on any atom is -0.479 e. The van der Waals surface area contributed by atoms with Crippen LogP contribution in [-0.2, 0) is 44.5 Å². The van der Waals surface area contributed by atoms with Gasteiger partial charge in [0.05, 0.1) is 6.61 Å². The van der Waals surface area contributed by atoms with Gasteiger partial charge in [0.25, 0.3) is 0 Å². The van der Waals surface area contributed by atoms with Gasteiger partial charge in [-0.1, -0.05) is 71.0 Å². The minimum atomic E-state index is -3.50. The molecule has 10 atom stereocenters. The molecule has 2 aliphatic rings. The van der Waals surface area contributed by atoms with E-state index in [1.54, 1.807) is 0 Å². The maximum atomic E-state index is 13.1. The van der Waals surface area contributed by atoms with E-state index in [9.17, 15) is 44.7 Å². The van der Waals surface area contributed by atoms with Crippen LogP contribution in [0, 0.1) is 17.8 Å². The molecule has 0 amide bonds. The van der Waals surface area contributed by atoms with Crippen molar-refractivity contribution in [1.29, 1.82) is 0 Å². The summed E-state index contributed by atoms with van der Waals surface area (Å²) in [5.41, 5.74) is -5.45. The first-order chi connectivity index (χ1) is 22.5. The van der Waals surface area contributed by atoms with Crippen LogP contribution in [0.15, 0.2) is 42.5 Å². The average Bonchev–Trinajstić information content (AvgIpc) is 3.25. The van der Waals surface area contributed by atoms with Gasteiger partial charge in [-0.2, -0.15) is 0 Å². The number of fused-ring (bicyclic) bond motifs is 2. The third kappa shape index (κ3) is 7.76. The van der Waals surface area contributed by atoms with Crippen LogP contribution in [0.5, 0.6) is 0 Å². The van der Waals surface area contributed by atoms with Crippen molar-refractivity contribution in [2.24, 2.45) is 17.8 Å². The van der Waals surface area contributed by atoms with Gasteiger partial charge in [-0.25, -0.2) is 9.59 Å². The van der Waals surface area contributed by atoms with Crippen molar-refractivity contribution in [3.8, 4) is 0 Å². The van der Waals surface area contributed by atoms with E-state index >= 15 is 0 Å². The Hall–Kier alpha value is -3.36. The second-order valence-electron chi connectivity index (χ2n) is 13.4. The molecule has 268 valence electrons. The van der Waals surface area contributed by atoms with E-state index in [1.807, 2.05) is 44.2 Å². The van der Waals surface area contributed by atoms with Gasteiger partial charge in [0.1, 0.15) is 18.3 Å². The van der Waals surface area contributed by atoms with Gasteiger partial charge in [0, 0.05) is 25.7 Å². The van der Waals surface area contributed by atoms with Crippen LogP contribution in [0.2, 0.25) is 0 Å². The monoisotopic (exact) mass is 678 g/mol. The lowest BCUT2D eigenvalue weighted by molar-refractivity contribution is -0.382. The zero-order valence-corrected chi connectivity index (χ0v) is 28.3. The zero-order valence-electron chi connectivity index (χ0n) is 28.3. The number of ether oxygens (including phenoxy) is 4. The van der Waals surface area contributed by atoms with Gasteiger partial charge < -0.3 is 44.5 Å². The highest BCUT2D eigenvalue weighted by Crippen LogP contribution is 2.55. The number of aliphatic hydroxyl groups is 3. The second-order valence-corrected chi connectivity index (χ2v) is 13.4. The highest BCUT2D eigenvalue weighted by atomic mass is 16.8. The standard InChI is InChI=1S/C35H50O13/c1-7-20(2)17-21(3)13-14-27(38)46-30-29(39)33(47-26(19-36)34(44,31(40)41)35(30,48-33)32(42)43)16-15-22(4)28(45-24(6)37)23(5)18-25-11-9-8-10-12-25/h8-12,20-21,23,26,28-30,36,39,44H,4,7,13-19H2,1-3,5-6H3,(H,40,41)(H,42,43)/t20-,21+,23+,26+,28+,29+,30+,33-,34+,35-/m0/s1. The van der Waals surface area contributed by atoms with Crippen molar-refractivity contribution in [2.75, 3.05) is 6.61 Å². The molecular formula is C35H50O13. The van der Waals surface area contributed by atoms with Crippen molar-refractivity contribution in [2.45, 2.75) is 121 Å². The molecule has 2 aliphatic heterocycles. The molecule has 48 heavy (non-hydrogen) atoms. The highest BCUT2D eigenvalue weighted by molar-refractivity contribution is 5.93. The van der Waals surface area contributed by atoms with E-state index in [4.69, 9.17) is 18.9 Å². The van der Waals surface area contributed by atoms with Gasteiger partial charge in [-0.3, -0.25) is 9.59 Å². The molecule has 0 spiro atoms. The Labute approximate surface area is 280 Å². The summed E-state index contributed by atoms with van der Waals surface area (Å²) < 4.78 is 22.6. The fourth-order valence-corrected chi connectivity index (χ4v) is 6.88. The van der Waals surface area contributed by atoms with E-state index in [1.165, 1.54) is 6.92 Å². The van der Waals surface area contributed by atoms with Gasteiger partial charge in [0.15, 0.2) is 6.10 Å². The molecule has 2 heterocycles. The molecule has 2 bridgehead atoms. The quantitative estimate of drug-likeness (QED) is 0.112. The summed E-state index contributed by atoms with van der Waals surface area (Å²) >= 11 is 0. The lowest BCUT2D eigenvalue weighted by atomic mass is 9.74. The van der Waals surface area contributed by atoms with Gasteiger partial charge in [-0.15, -0.1) is 0 Å². The molecule has 1 aromatic carbocycles. The van der Waals surface area contributed by atoms with Crippen LogP contribution in [0.4, 0.5) is 0 Å². The van der Waals surface area contributed by atoms with Crippen LogP contribution in [0.1, 0.15) is 78.7 Å². The summed E-state index contributed by atoms with van der Waals surface area (Å²) in [6.45, 7) is 12.1. The summed E-state index contributed by atoms with van der Waals surface area (Å²) in [5, 5.41) is 53.9. The third-order valence-corrected chi connectivity index (χ3v) is 9.66. The molecule has 2 saturated heterocycles. The van der Waals surface area contributed by atoms with Crippen LogP contribution in [0.25, 0.3) is 0 Å². The number of carboxylic acid groups (broad SMARTS) is 2. The molecule has 0 unspecified atom stereocenters. The first-order valence-electron chi connectivity index (χ1n) is 16.4. The molecule has 2 fully saturated rings. The van der Waals surface area contributed by atoms with Crippen molar-refractivity contribution >= 4 is 23.9 Å². The number of carbonyl (C=O) groups excluding carboxylic acids is 2. The topological polar surface area (TPSA) is 206 Å². The normalized spacial score (nSPS) is 30.5. The van der Waals surface area contributed by atoms with Crippen LogP contribution in [-0.4, -0.2) is 97.4 Å². The molecule has 0 aliphatic carbocycles. The Kier molecular flexibility index (Phi) is 12.9. The summed E-state index contributed by atoms with van der Waals surface area (Å²) in [4.78, 5) is 50.7. The molecule has 13 heteroatoms. The molecule has 13 nitrogen and oxygen atoms in total. The van der Waals surface area contributed by atoms with Crippen molar-refractivity contribution in [1.82, 2.24) is 0 Å². The fraction of sp³-hybridized carbons (Fsp3) is 0.657. The van der Waals surface area contributed by atoms with E-state index in [2.05, 4.69) is 20.4 Å². The SMILES string of the molecule is C=C(CC[C@]12O[C@H](CO)[C@@](O)(C(=O)O)[C@](C(=O)O)(O1)[C@H](OC(=O)CC[C@@H](C)C[C@@H](C)CC)[C@H]2O)[C@@H](OC(C)=O)[C@H](C)Cc1ccccc1. The van der Waals surface area contributed by atoms with Crippen LogP contribution < -0.4 is 0 Å². The maximum absolute atomic E-state index is 13.1. The van der Waals surface area contributed by atoms with E-state index in [0.717, 1.165) is 18.4 Å². The second kappa shape index (κ2) is 15.9. The Morgan fingerprint density at radius 2 is 1.67 bits per heavy atom. The predicted octanol–water partition coefficient (Wildman–Crippen LogP) is 3.02. The Morgan fingerprint density at radius 1 is 1.02 bits per heavy atom. The van der Waals surface area contributed by atoms with E-state index in [-0.39, 0.29) is 24.7 Å². The molecule has 0 aromatic heterocycles. The summed E-state index contributed by atoms with van der Waals surface area (Å²) in [7, 11) is 0. The minimum absolute atomic E-state index is 0.106. The molecule has 0 saturated carbocycles. The number of benzene rings is 1. The number of carboxylic acids is 2.